The van der Waals surface area contributed by atoms with Crippen molar-refractivity contribution in [1.82, 2.24) is 5.32 Å². The molecular weight excluding hydrogens is 526 g/mol. The molecule has 0 aromatic carbocycles. The van der Waals surface area contributed by atoms with Gasteiger partial charge in [0.2, 0.25) is 5.91 Å². The number of carbonyl (C=O) groups excluding carboxylic acids is 6. The number of nitrogens with one attached hydrogen (secondary N) is 1. The molecule has 15 heteroatoms. The van der Waals surface area contributed by atoms with Crippen LogP contribution in [0.1, 0.15) is 48.0 Å². The number of rotatable bonds is 8. The van der Waals surface area contributed by atoms with Crippen LogP contribution >= 0.6 is 0 Å². The molecule has 2 rings (SSSR count). The van der Waals surface area contributed by atoms with Gasteiger partial charge in [-0.1, -0.05) is 0 Å². The van der Waals surface area contributed by atoms with Gasteiger partial charge in [-0.2, -0.15) is 0 Å². The zero-order valence-electron chi connectivity index (χ0n) is 22.7. The number of carbonyl (C=O) groups is 6. The van der Waals surface area contributed by atoms with Crippen molar-refractivity contribution in [2.45, 2.75) is 103 Å². The Kier molecular flexibility index (Phi) is 11.2. The van der Waals surface area contributed by atoms with Crippen LogP contribution in [-0.2, 0) is 61.9 Å². The van der Waals surface area contributed by atoms with Crippen molar-refractivity contribution in [3.05, 3.63) is 0 Å². The number of hydrogen-bond acceptors (Lipinski definition) is 14. The quantitative estimate of drug-likeness (QED) is 0.267. The van der Waals surface area contributed by atoms with Gasteiger partial charge < -0.3 is 43.6 Å². The van der Waals surface area contributed by atoms with E-state index in [-0.39, 0.29) is 6.42 Å². The molecule has 1 amide bonds. The third kappa shape index (κ3) is 8.34. The Morgan fingerprint density at radius 2 is 1.23 bits per heavy atom. The van der Waals surface area contributed by atoms with E-state index in [9.17, 15) is 33.9 Å². The average Bonchev–Trinajstić information content (AvgIpc) is 2.80. The van der Waals surface area contributed by atoms with Gasteiger partial charge in [0.25, 0.3) is 0 Å². The molecule has 0 saturated carbocycles. The predicted molar refractivity (Wildman–Crippen MR) is 125 cm³/mol. The second-order valence-electron chi connectivity index (χ2n) is 9.27. The zero-order valence-corrected chi connectivity index (χ0v) is 22.7. The number of amides is 1. The summed E-state index contributed by atoms with van der Waals surface area (Å²) in [6.45, 7) is 7.16. The van der Waals surface area contributed by atoms with Crippen LogP contribution in [0.25, 0.3) is 0 Å². The largest absolute Gasteiger partial charge is 0.467 e. The van der Waals surface area contributed by atoms with Gasteiger partial charge in [-0.25, -0.2) is 4.79 Å². The molecule has 2 fully saturated rings. The van der Waals surface area contributed by atoms with Crippen LogP contribution in [0, 0.1) is 5.92 Å². The molecule has 220 valence electrons. The summed E-state index contributed by atoms with van der Waals surface area (Å²) in [4.78, 5) is 72.3. The number of esters is 5. The van der Waals surface area contributed by atoms with Gasteiger partial charge in [0.1, 0.15) is 6.10 Å². The molecule has 2 saturated heterocycles. The van der Waals surface area contributed by atoms with E-state index >= 15 is 0 Å². The van der Waals surface area contributed by atoms with E-state index in [4.69, 9.17) is 33.2 Å². The Morgan fingerprint density at radius 3 is 1.72 bits per heavy atom. The maximum Gasteiger partial charge on any atom is 0.339 e. The van der Waals surface area contributed by atoms with E-state index in [1.54, 1.807) is 0 Å². The second kappa shape index (κ2) is 13.7. The molecule has 0 aromatic heterocycles. The maximum absolute atomic E-state index is 12.5. The van der Waals surface area contributed by atoms with E-state index in [2.05, 4.69) is 5.32 Å². The lowest BCUT2D eigenvalue weighted by molar-refractivity contribution is -0.263. The van der Waals surface area contributed by atoms with Crippen molar-refractivity contribution in [3.8, 4) is 0 Å². The smallest absolute Gasteiger partial charge is 0.339 e. The maximum atomic E-state index is 12.5. The van der Waals surface area contributed by atoms with Crippen molar-refractivity contribution >= 4 is 35.8 Å². The number of aliphatic hydroxyl groups excluding tert-OH is 1. The highest BCUT2D eigenvalue weighted by atomic mass is 16.7. The average molecular weight is 562 g/mol. The fraction of sp³-hybridized carbons (Fsp3) is 0.750. The van der Waals surface area contributed by atoms with Crippen molar-refractivity contribution in [1.29, 1.82) is 0 Å². The van der Waals surface area contributed by atoms with Gasteiger partial charge >= 0.3 is 29.8 Å². The summed E-state index contributed by atoms with van der Waals surface area (Å²) in [5.41, 5.74) is 0. The van der Waals surface area contributed by atoms with E-state index in [0.717, 1.165) is 34.8 Å². The van der Waals surface area contributed by atoms with E-state index in [0.29, 0.717) is 0 Å². The molecule has 0 radical (unpaired) electrons. The SMILES string of the molecule is COC(=O)[C@H]1O[C@H](O)[C@H](NC(C)=O)[C@@H](C[C@@H]2O[C@@H](C)[C@@H](OC(C)=O)[C@@H](OC(C)=O)[C@@H]2OC(C)=O)[C@H]1OC(C)=O. The highest BCUT2D eigenvalue weighted by molar-refractivity contribution is 5.77. The van der Waals surface area contributed by atoms with E-state index < -0.39 is 96.7 Å². The standard InChI is InChI=1S/C24H35NO14/c1-9-18(35-11(3)27)21(38-14(6)30)20(37-13(5)29)16(34-9)8-15-17(25-10(2)26)23(31)39-22(24(32)33-7)19(15)36-12(4)28/h9,15-23,31H,8H2,1-7H3,(H,25,26)/t9-,15+,16-,17+,18+,19+,20+,21+,22-,23-/m0/s1. The third-order valence-electron chi connectivity index (χ3n) is 6.16. The van der Waals surface area contributed by atoms with Crippen molar-refractivity contribution < 1.29 is 67.0 Å². The van der Waals surface area contributed by atoms with E-state index in [1.165, 1.54) is 13.8 Å². The van der Waals surface area contributed by atoms with Gasteiger partial charge in [0.05, 0.1) is 25.4 Å². The lowest BCUT2D eigenvalue weighted by atomic mass is 9.79. The molecule has 2 aliphatic heterocycles. The summed E-state index contributed by atoms with van der Waals surface area (Å²) in [6, 6.07) is -1.23. The van der Waals surface area contributed by atoms with Crippen LogP contribution in [0.5, 0.6) is 0 Å². The predicted octanol–water partition coefficient (Wildman–Crippen LogP) is -1.10. The molecular formula is C24H35NO14. The summed E-state index contributed by atoms with van der Waals surface area (Å²) in [6.07, 6.45) is -10.8. The topological polar surface area (TPSA) is 199 Å². The van der Waals surface area contributed by atoms with Crippen molar-refractivity contribution in [3.63, 3.8) is 0 Å². The molecule has 0 spiro atoms. The first-order chi connectivity index (χ1) is 18.2. The molecule has 0 aromatic rings. The van der Waals surface area contributed by atoms with Crippen LogP contribution in [0.15, 0.2) is 0 Å². The van der Waals surface area contributed by atoms with Crippen molar-refractivity contribution in [2.75, 3.05) is 7.11 Å². The Hall–Kier alpha value is -3.30. The molecule has 2 aliphatic rings. The van der Waals surface area contributed by atoms with E-state index in [1.807, 2.05) is 0 Å². The number of methoxy groups -OCH3 is 1. The molecule has 2 N–H and O–H groups in total. The van der Waals surface area contributed by atoms with Gasteiger partial charge in [0.15, 0.2) is 30.7 Å². The minimum atomic E-state index is -1.75. The van der Waals surface area contributed by atoms with Gasteiger partial charge in [-0.15, -0.1) is 0 Å². The Balaban J connectivity index is 2.59. The number of aliphatic hydroxyl groups is 1. The fourth-order valence-electron chi connectivity index (χ4n) is 4.86. The normalized spacial score (nSPS) is 34.2. The highest BCUT2D eigenvalue weighted by Gasteiger charge is 2.56. The van der Waals surface area contributed by atoms with Crippen molar-refractivity contribution in [2.24, 2.45) is 5.92 Å². The van der Waals surface area contributed by atoms with Crippen LogP contribution < -0.4 is 5.32 Å². The molecule has 0 aliphatic carbocycles. The monoisotopic (exact) mass is 561 g/mol. The molecule has 10 atom stereocenters. The van der Waals surface area contributed by atoms with Gasteiger partial charge in [-0.3, -0.25) is 24.0 Å². The zero-order chi connectivity index (χ0) is 29.6. The first kappa shape index (κ1) is 31.9. The number of hydrogen-bond donors (Lipinski definition) is 2. The first-order valence-electron chi connectivity index (χ1n) is 12.2. The molecule has 15 nitrogen and oxygen atoms in total. The van der Waals surface area contributed by atoms with Crippen LogP contribution in [0.2, 0.25) is 0 Å². The molecule has 0 unspecified atom stereocenters. The lowest BCUT2D eigenvalue weighted by Gasteiger charge is -2.48. The summed E-state index contributed by atoms with van der Waals surface area (Å²) in [5, 5.41) is 13.2. The Morgan fingerprint density at radius 1 is 0.744 bits per heavy atom. The lowest BCUT2D eigenvalue weighted by Crippen LogP contribution is -2.66. The van der Waals surface area contributed by atoms with Crippen LogP contribution in [-0.4, -0.2) is 103 Å². The van der Waals surface area contributed by atoms with Gasteiger partial charge in [0, 0.05) is 40.5 Å². The Bertz CT molecular complexity index is 953. The second-order valence-corrected chi connectivity index (χ2v) is 9.27. The number of ether oxygens (including phenoxy) is 7. The molecule has 39 heavy (non-hydrogen) atoms. The third-order valence-corrected chi connectivity index (χ3v) is 6.16. The minimum Gasteiger partial charge on any atom is -0.467 e. The highest BCUT2D eigenvalue weighted by Crippen LogP contribution is 2.37. The summed E-state index contributed by atoms with van der Waals surface area (Å²) in [7, 11) is 1.07. The molecule has 2 heterocycles. The van der Waals surface area contributed by atoms with Crippen LogP contribution in [0.4, 0.5) is 0 Å². The van der Waals surface area contributed by atoms with Crippen LogP contribution in [0.3, 0.4) is 0 Å². The summed E-state index contributed by atoms with van der Waals surface area (Å²) >= 11 is 0. The molecule has 0 bridgehead atoms. The first-order valence-corrected chi connectivity index (χ1v) is 12.2. The fourth-order valence-corrected chi connectivity index (χ4v) is 4.86. The summed E-state index contributed by atoms with van der Waals surface area (Å²) < 4.78 is 37.8. The minimum absolute atomic E-state index is 0.232. The summed E-state index contributed by atoms with van der Waals surface area (Å²) in [5.74, 6) is -5.67. The Labute approximate surface area is 224 Å². The van der Waals surface area contributed by atoms with Gasteiger partial charge in [-0.05, 0) is 13.3 Å².